The Morgan fingerprint density at radius 1 is 1.04 bits per heavy atom. The predicted molar refractivity (Wildman–Crippen MR) is 122 cm³/mol. The maximum atomic E-state index is 13.6. The van der Waals surface area contributed by atoms with Gasteiger partial charge in [-0.1, -0.05) is 54.6 Å². The highest BCUT2D eigenvalue weighted by Crippen LogP contribution is 2.25. The zero-order valence-corrected chi connectivity index (χ0v) is 17.5. The van der Waals surface area contributed by atoms with E-state index >= 15 is 0 Å². The molecule has 28 heavy (non-hydrogen) atoms. The zero-order chi connectivity index (χ0) is 20.1. The van der Waals surface area contributed by atoms with Gasteiger partial charge < -0.3 is 4.90 Å². The van der Waals surface area contributed by atoms with Gasteiger partial charge in [0.15, 0.2) is 0 Å². The van der Waals surface area contributed by atoms with Gasteiger partial charge in [-0.3, -0.25) is 9.36 Å². The van der Waals surface area contributed by atoms with E-state index in [1.54, 1.807) is 16.3 Å². The zero-order valence-electron chi connectivity index (χ0n) is 16.7. The van der Waals surface area contributed by atoms with Crippen molar-refractivity contribution in [1.29, 1.82) is 0 Å². The van der Waals surface area contributed by atoms with Crippen molar-refractivity contribution in [2.75, 3.05) is 25.3 Å². The van der Waals surface area contributed by atoms with Crippen LogP contribution >= 0.6 is 11.8 Å². The summed E-state index contributed by atoms with van der Waals surface area (Å²) in [6.07, 6.45) is 6.01. The maximum Gasteiger partial charge on any atom is 0.267 e. The Labute approximate surface area is 170 Å². The minimum Gasteiger partial charge on any atom is -0.362 e. The van der Waals surface area contributed by atoms with Crippen LogP contribution in [0.15, 0.2) is 71.5 Å². The largest absolute Gasteiger partial charge is 0.362 e. The molecule has 1 heterocycles. The van der Waals surface area contributed by atoms with Gasteiger partial charge in [-0.15, -0.1) is 0 Å². The number of rotatable bonds is 6. The molecule has 0 saturated heterocycles. The van der Waals surface area contributed by atoms with E-state index in [2.05, 4.69) is 13.2 Å². The second kappa shape index (κ2) is 8.93. The first-order valence-electron chi connectivity index (χ1n) is 9.19. The van der Waals surface area contributed by atoms with Crippen molar-refractivity contribution in [3.8, 4) is 17.1 Å². The van der Waals surface area contributed by atoms with Gasteiger partial charge in [-0.2, -0.15) is 11.8 Å². The fourth-order valence-electron chi connectivity index (χ4n) is 2.92. The first-order chi connectivity index (χ1) is 13.5. The molecule has 3 aromatic rings. The standard InChI is InChI=1S/C23H25N3OS/c1-17(28-4)15-16-20-22(25(2)3)24-21(18-11-7-5-8-12-18)26(23(20)27)19-13-9-6-10-14-19/h5-17H,1-4H3/b16-15+. The predicted octanol–water partition coefficient (Wildman–Crippen LogP) is 4.73. The smallest absolute Gasteiger partial charge is 0.267 e. The topological polar surface area (TPSA) is 38.1 Å². The van der Waals surface area contributed by atoms with E-state index in [1.165, 1.54) is 0 Å². The minimum absolute atomic E-state index is 0.0756. The van der Waals surface area contributed by atoms with Crippen molar-refractivity contribution < 1.29 is 0 Å². The molecule has 0 N–H and O–H groups in total. The molecule has 4 nitrogen and oxygen atoms in total. The number of benzene rings is 2. The molecule has 0 amide bonds. The fourth-order valence-corrected chi connectivity index (χ4v) is 3.15. The molecule has 0 aliphatic heterocycles. The van der Waals surface area contributed by atoms with Gasteiger partial charge in [0.1, 0.15) is 11.6 Å². The van der Waals surface area contributed by atoms with Gasteiger partial charge >= 0.3 is 0 Å². The number of thioether (sulfide) groups is 1. The number of para-hydroxylation sites is 1. The van der Waals surface area contributed by atoms with Gasteiger partial charge in [0.25, 0.3) is 5.56 Å². The lowest BCUT2D eigenvalue weighted by Gasteiger charge is -2.20. The van der Waals surface area contributed by atoms with E-state index in [0.717, 1.165) is 11.3 Å². The van der Waals surface area contributed by atoms with Gasteiger partial charge in [0.05, 0.1) is 11.3 Å². The minimum atomic E-state index is -0.0756. The Hall–Kier alpha value is -2.79. The molecule has 1 atom stereocenters. The normalized spacial score (nSPS) is 12.3. The Bertz CT molecular complexity index is 1010. The lowest BCUT2D eigenvalue weighted by atomic mass is 10.1. The van der Waals surface area contributed by atoms with E-state index in [1.807, 2.05) is 91.8 Å². The molecule has 1 unspecified atom stereocenters. The SMILES string of the molecule is CSC(C)/C=C/c1c(N(C)C)nc(-c2ccccc2)n(-c2ccccc2)c1=O. The van der Waals surface area contributed by atoms with Gasteiger partial charge in [-0.25, -0.2) is 4.98 Å². The van der Waals surface area contributed by atoms with Crippen LogP contribution in [0.4, 0.5) is 5.82 Å². The first-order valence-corrected chi connectivity index (χ1v) is 10.5. The third-order valence-electron chi connectivity index (χ3n) is 4.47. The molecule has 0 aliphatic carbocycles. The van der Waals surface area contributed by atoms with E-state index in [0.29, 0.717) is 22.5 Å². The third-order valence-corrected chi connectivity index (χ3v) is 5.37. The van der Waals surface area contributed by atoms with E-state index in [-0.39, 0.29) is 5.56 Å². The molecule has 0 aliphatic rings. The molecule has 0 bridgehead atoms. The van der Waals surface area contributed by atoms with Gasteiger partial charge in [-0.05, 0) is 31.4 Å². The Balaban J connectivity index is 2.34. The van der Waals surface area contributed by atoms with Crippen molar-refractivity contribution in [3.05, 3.63) is 82.7 Å². The van der Waals surface area contributed by atoms with Gasteiger partial charge in [0.2, 0.25) is 0 Å². The summed E-state index contributed by atoms with van der Waals surface area (Å²) in [6.45, 7) is 2.11. The first kappa shape index (κ1) is 20.0. The Morgan fingerprint density at radius 3 is 2.21 bits per heavy atom. The average Bonchev–Trinajstić information content (AvgIpc) is 2.73. The Kier molecular flexibility index (Phi) is 6.37. The van der Waals surface area contributed by atoms with Crippen LogP contribution in [0.5, 0.6) is 0 Å². The quantitative estimate of drug-likeness (QED) is 0.609. The van der Waals surface area contributed by atoms with E-state index < -0.39 is 0 Å². The molecule has 144 valence electrons. The summed E-state index contributed by atoms with van der Waals surface area (Å²) < 4.78 is 1.70. The van der Waals surface area contributed by atoms with Crippen molar-refractivity contribution in [3.63, 3.8) is 0 Å². The molecule has 0 spiro atoms. The second-order valence-corrected chi connectivity index (χ2v) is 7.92. The number of nitrogens with zero attached hydrogens (tertiary/aromatic N) is 3. The maximum absolute atomic E-state index is 13.6. The fraction of sp³-hybridized carbons (Fsp3) is 0.217. The molecule has 0 fully saturated rings. The highest BCUT2D eigenvalue weighted by atomic mass is 32.2. The average molecular weight is 392 g/mol. The molecule has 5 heteroatoms. The van der Waals surface area contributed by atoms with E-state index in [4.69, 9.17) is 4.98 Å². The Morgan fingerprint density at radius 2 is 1.64 bits per heavy atom. The van der Waals surface area contributed by atoms with Crippen LogP contribution in [-0.2, 0) is 0 Å². The molecule has 1 aromatic heterocycles. The van der Waals surface area contributed by atoms with Crippen LogP contribution in [0, 0.1) is 0 Å². The van der Waals surface area contributed by atoms with E-state index in [9.17, 15) is 4.79 Å². The molecule has 2 aromatic carbocycles. The van der Waals surface area contributed by atoms with Crippen molar-refractivity contribution in [2.45, 2.75) is 12.2 Å². The summed E-state index contributed by atoms with van der Waals surface area (Å²) in [5, 5.41) is 0.313. The summed E-state index contributed by atoms with van der Waals surface area (Å²) in [5.74, 6) is 1.30. The molecular formula is C23H25N3OS. The van der Waals surface area contributed by atoms with Crippen molar-refractivity contribution in [1.82, 2.24) is 9.55 Å². The monoisotopic (exact) mass is 391 g/mol. The highest BCUT2D eigenvalue weighted by Gasteiger charge is 2.18. The number of aromatic nitrogens is 2. The molecular weight excluding hydrogens is 366 g/mol. The van der Waals surface area contributed by atoms with Crippen LogP contribution in [0.1, 0.15) is 12.5 Å². The third kappa shape index (κ3) is 4.20. The molecule has 0 radical (unpaired) electrons. The summed E-state index contributed by atoms with van der Waals surface area (Å²) in [6, 6.07) is 19.5. The highest BCUT2D eigenvalue weighted by molar-refractivity contribution is 7.99. The summed E-state index contributed by atoms with van der Waals surface area (Å²) in [4.78, 5) is 20.4. The molecule has 0 saturated carbocycles. The van der Waals surface area contributed by atoms with Gasteiger partial charge in [0, 0.05) is 24.9 Å². The second-order valence-electron chi connectivity index (χ2n) is 6.71. The summed E-state index contributed by atoms with van der Waals surface area (Å²) in [5.41, 5.74) is 2.22. The van der Waals surface area contributed by atoms with Crippen LogP contribution < -0.4 is 10.5 Å². The number of anilines is 1. The molecule has 3 rings (SSSR count). The lowest BCUT2D eigenvalue weighted by molar-refractivity contribution is 0.921. The lowest BCUT2D eigenvalue weighted by Crippen LogP contribution is -2.28. The summed E-state index contributed by atoms with van der Waals surface area (Å²) in [7, 11) is 3.83. The van der Waals surface area contributed by atoms with Crippen LogP contribution in [-0.4, -0.2) is 35.2 Å². The number of hydrogen-bond acceptors (Lipinski definition) is 4. The van der Waals surface area contributed by atoms with Crippen LogP contribution in [0.2, 0.25) is 0 Å². The summed E-state index contributed by atoms with van der Waals surface area (Å²) >= 11 is 1.74. The van der Waals surface area contributed by atoms with Crippen molar-refractivity contribution in [2.24, 2.45) is 0 Å². The van der Waals surface area contributed by atoms with Crippen molar-refractivity contribution >= 4 is 23.7 Å². The number of hydrogen-bond donors (Lipinski definition) is 0. The van der Waals surface area contributed by atoms with Crippen LogP contribution in [0.3, 0.4) is 0 Å². The van der Waals surface area contributed by atoms with Crippen LogP contribution in [0.25, 0.3) is 23.2 Å².